The number of aromatic nitrogens is 2. The summed E-state index contributed by atoms with van der Waals surface area (Å²) in [7, 11) is 3.67. The number of carbonyl (C=O) groups is 2. The zero-order valence-corrected chi connectivity index (χ0v) is 29.8. The van der Waals surface area contributed by atoms with Crippen LogP contribution < -0.4 is 30.3 Å². The largest absolute Gasteiger partial charge is 0.493 e. The van der Waals surface area contributed by atoms with Crippen LogP contribution >= 0.6 is 0 Å². The first-order valence-electron chi connectivity index (χ1n) is 17.2. The lowest BCUT2D eigenvalue weighted by molar-refractivity contribution is -0.116. The van der Waals surface area contributed by atoms with E-state index in [-0.39, 0.29) is 23.3 Å². The molecule has 1 aromatic heterocycles. The Bertz CT molecular complexity index is 2020. The number of rotatable bonds is 12. The van der Waals surface area contributed by atoms with Gasteiger partial charge in [-0.15, -0.1) is 0 Å². The van der Waals surface area contributed by atoms with Gasteiger partial charge in [0.05, 0.1) is 7.11 Å². The summed E-state index contributed by atoms with van der Waals surface area (Å²) in [5, 5.41) is 9.15. The third-order valence-electron chi connectivity index (χ3n) is 8.84. The summed E-state index contributed by atoms with van der Waals surface area (Å²) in [6.07, 6.45) is 4.58. The number of carbonyl (C=O) groups excluding carboxylic acids is 2. The molecule has 5 aromatic rings. The smallest absolute Gasteiger partial charge is 0.262 e. The Morgan fingerprint density at radius 3 is 2.31 bits per heavy atom. The molecule has 2 amide bonds. The minimum atomic E-state index is -0.430. The van der Waals surface area contributed by atoms with Crippen LogP contribution in [0.1, 0.15) is 32.6 Å². The molecule has 0 atom stereocenters. The summed E-state index contributed by atoms with van der Waals surface area (Å²) in [5.74, 6) is 0.318. The van der Waals surface area contributed by atoms with Gasteiger partial charge in [-0.3, -0.25) is 9.59 Å². The van der Waals surface area contributed by atoms with Crippen molar-refractivity contribution in [2.45, 2.75) is 20.4 Å². The zero-order valence-electron chi connectivity index (χ0n) is 29.8. The number of nitrogens with zero attached hydrogens (tertiary/aromatic N) is 4. The molecule has 266 valence electrons. The molecule has 4 aromatic carbocycles. The molecule has 11 heteroatoms. The Labute approximate surface area is 304 Å². The molecule has 1 fully saturated rings. The number of anilines is 4. The monoisotopic (exact) mass is 697 g/mol. The third-order valence-corrected chi connectivity index (χ3v) is 8.84. The molecule has 0 bridgehead atoms. The van der Waals surface area contributed by atoms with Crippen LogP contribution in [0.4, 0.5) is 23.0 Å². The average molecular weight is 698 g/mol. The van der Waals surface area contributed by atoms with E-state index in [1.807, 2.05) is 74.5 Å². The Hall–Kier alpha value is -6.20. The molecule has 52 heavy (non-hydrogen) atoms. The minimum absolute atomic E-state index is 0.0235. The van der Waals surface area contributed by atoms with Crippen LogP contribution in [0.15, 0.2) is 103 Å². The van der Waals surface area contributed by atoms with Crippen molar-refractivity contribution < 1.29 is 19.1 Å². The van der Waals surface area contributed by atoms with Crippen molar-refractivity contribution >= 4 is 40.9 Å². The molecule has 0 radical (unpaired) electrons. The maximum Gasteiger partial charge on any atom is 0.262 e. The van der Waals surface area contributed by atoms with Crippen molar-refractivity contribution in [3.05, 3.63) is 131 Å². The van der Waals surface area contributed by atoms with Gasteiger partial charge in [0, 0.05) is 62.1 Å². The first-order valence-corrected chi connectivity index (χ1v) is 17.2. The van der Waals surface area contributed by atoms with Gasteiger partial charge in [0.2, 0.25) is 17.7 Å². The predicted octanol–water partition coefficient (Wildman–Crippen LogP) is 6.97. The van der Waals surface area contributed by atoms with Crippen LogP contribution in [-0.4, -0.2) is 67.0 Å². The van der Waals surface area contributed by atoms with Gasteiger partial charge >= 0.3 is 0 Å². The van der Waals surface area contributed by atoms with E-state index in [0.29, 0.717) is 29.3 Å². The number of nitrogens with one attached hydrogen (secondary N) is 3. The van der Waals surface area contributed by atoms with Crippen molar-refractivity contribution in [1.82, 2.24) is 20.2 Å². The number of aryl methyl sites for hydroxylation is 2. The Morgan fingerprint density at radius 2 is 1.60 bits per heavy atom. The second kappa shape index (κ2) is 16.7. The highest BCUT2D eigenvalue weighted by Gasteiger charge is 2.21. The molecule has 0 saturated carbocycles. The maximum absolute atomic E-state index is 13.8. The molecule has 3 N–H and O–H groups in total. The van der Waals surface area contributed by atoms with Crippen molar-refractivity contribution in [2.24, 2.45) is 0 Å². The van der Waals surface area contributed by atoms with Crippen molar-refractivity contribution in [1.29, 1.82) is 0 Å². The molecular formula is C41H43N7O4. The van der Waals surface area contributed by atoms with E-state index >= 15 is 0 Å². The van der Waals surface area contributed by atoms with Crippen molar-refractivity contribution in [3.8, 4) is 17.4 Å². The summed E-state index contributed by atoms with van der Waals surface area (Å²) >= 11 is 0. The van der Waals surface area contributed by atoms with Gasteiger partial charge in [-0.2, -0.15) is 4.98 Å². The van der Waals surface area contributed by atoms with Crippen molar-refractivity contribution in [3.63, 3.8) is 0 Å². The molecule has 1 aliphatic heterocycles. The molecule has 0 aliphatic carbocycles. The maximum atomic E-state index is 13.8. The third kappa shape index (κ3) is 9.12. The van der Waals surface area contributed by atoms with E-state index in [1.165, 1.54) is 19.4 Å². The first-order chi connectivity index (χ1) is 25.2. The van der Waals surface area contributed by atoms with Crippen LogP contribution in [-0.2, 0) is 11.3 Å². The fourth-order valence-corrected chi connectivity index (χ4v) is 5.80. The van der Waals surface area contributed by atoms with E-state index in [9.17, 15) is 9.59 Å². The Morgan fingerprint density at radius 1 is 0.865 bits per heavy atom. The summed E-state index contributed by atoms with van der Waals surface area (Å²) in [6.45, 7) is 8.27. The van der Waals surface area contributed by atoms with E-state index in [0.717, 1.165) is 54.2 Å². The molecule has 0 spiro atoms. The molecule has 1 aliphatic rings. The van der Waals surface area contributed by atoms with Gasteiger partial charge in [0.25, 0.3) is 5.91 Å². The van der Waals surface area contributed by atoms with Gasteiger partial charge < -0.3 is 35.2 Å². The highest BCUT2D eigenvalue weighted by Crippen LogP contribution is 2.35. The number of ether oxygens (including phenoxy) is 2. The van der Waals surface area contributed by atoms with Crippen LogP contribution in [0.25, 0.3) is 6.08 Å². The summed E-state index contributed by atoms with van der Waals surface area (Å²) in [4.78, 5) is 40.2. The number of para-hydroxylation sites is 1. The molecule has 2 heterocycles. The average Bonchev–Trinajstić information content (AvgIpc) is 3.16. The van der Waals surface area contributed by atoms with Gasteiger partial charge in [-0.05, 0) is 85.6 Å². The fraction of sp³-hybridized carbons (Fsp3) is 0.220. The van der Waals surface area contributed by atoms with E-state index in [2.05, 4.69) is 54.9 Å². The number of amides is 2. The second-order valence-corrected chi connectivity index (χ2v) is 12.6. The highest BCUT2D eigenvalue weighted by molar-refractivity contribution is 6.06. The molecule has 6 rings (SSSR count). The SMILES string of the molecule is COc1ccc(C=CC(=O)NCc2ccccc2)cc1Oc1nc(Nc2ccc(N3CCN(C)CC3)cc2)ncc1C(=O)Nc1c(C)cccc1C. The van der Waals surface area contributed by atoms with Crippen LogP contribution in [0.5, 0.6) is 17.4 Å². The van der Waals surface area contributed by atoms with Crippen LogP contribution in [0.3, 0.4) is 0 Å². The molecule has 0 unspecified atom stereocenters. The lowest BCUT2D eigenvalue weighted by Crippen LogP contribution is -2.44. The number of benzene rings is 4. The fourth-order valence-electron chi connectivity index (χ4n) is 5.80. The molecule has 1 saturated heterocycles. The summed E-state index contributed by atoms with van der Waals surface area (Å²) in [6, 6.07) is 28.9. The number of piperazine rings is 1. The van der Waals surface area contributed by atoms with Gasteiger partial charge in [-0.1, -0.05) is 54.6 Å². The van der Waals surface area contributed by atoms with Crippen molar-refractivity contribution in [2.75, 3.05) is 55.9 Å². The summed E-state index contributed by atoms with van der Waals surface area (Å²) < 4.78 is 12.0. The van der Waals surface area contributed by atoms with E-state index in [4.69, 9.17) is 9.47 Å². The second-order valence-electron chi connectivity index (χ2n) is 12.6. The standard InChI is InChI=1S/C41H43N7O4/c1-28-9-8-10-29(2)38(28)45-39(50)34-27-43-41(44-32-15-17-33(18-16-32)48-23-21-47(3)22-24-48)46-40(34)52-36-25-30(13-19-35(36)51-4)14-20-37(49)42-26-31-11-6-5-7-12-31/h5-20,25,27H,21-24,26H2,1-4H3,(H,42,49)(H,45,50)(H,43,44,46). The van der Waals surface area contributed by atoms with Gasteiger partial charge in [0.1, 0.15) is 5.56 Å². The predicted molar refractivity (Wildman–Crippen MR) is 206 cm³/mol. The molecule has 11 nitrogen and oxygen atoms in total. The van der Waals surface area contributed by atoms with E-state index in [1.54, 1.807) is 24.3 Å². The lowest BCUT2D eigenvalue weighted by atomic mass is 10.1. The minimum Gasteiger partial charge on any atom is -0.493 e. The number of hydrogen-bond donors (Lipinski definition) is 3. The number of likely N-dealkylation sites (N-methyl/N-ethyl adjacent to an activating group) is 1. The van der Waals surface area contributed by atoms with Gasteiger partial charge in [-0.25, -0.2) is 4.98 Å². The van der Waals surface area contributed by atoms with Crippen LogP contribution in [0, 0.1) is 13.8 Å². The first kappa shape index (κ1) is 35.6. The van der Waals surface area contributed by atoms with Gasteiger partial charge in [0.15, 0.2) is 11.5 Å². The lowest BCUT2D eigenvalue weighted by Gasteiger charge is -2.34. The zero-order chi connectivity index (χ0) is 36.5. The quantitative estimate of drug-likeness (QED) is 0.119. The van der Waals surface area contributed by atoms with Crippen LogP contribution in [0.2, 0.25) is 0 Å². The Balaban J connectivity index is 1.25. The van der Waals surface area contributed by atoms with E-state index < -0.39 is 5.91 Å². The Kier molecular flexibility index (Phi) is 11.4. The number of methoxy groups -OCH3 is 1. The number of hydrogen-bond acceptors (Lipinski definition) is 9. The summed E-state index contributed by atoms with van der Waals surface area (Å²) in [5.41, 5.74) is 6.29. The topological polar surface area (TPSA) is 121 Å². The highest BCUT2D eigenvalue weighted by atomic mass is 16.5. The molecular weight excluding hydrogens is 654 g/mol. The normalized spacial score (nSPS) is 13.1.